The number of hydrogen-bond acceptors (Lipinski definition) is 4. The molecule has 0 radical (unpaired) electrons. The van der Waals surface area contributed by atoms with Crippen LogP contribution in [0.5, 0.6) is 0 Å². The van der Waals surface area contributed by atoms with Crippen LogP contribution in [-0.4, -0.2) is 30.0 Å². The van der Waals surface area contributed by atoms with E-state index in [0.29, 0.717) is 12.2 Å². The second-order valence-corrected chi connectivity index (χ2v) is 6.79. The van der Waals surface area contributed by atoms with Gasteiger partial charge in [-0.1, -0.05) is 23.4 Å². The Balaban J connectivity index is 2.60. The molecule has 8 heteroatoms. The lowest BCUT2D eigenvalue weighted by atomic mass is 10.2. The molecule has 0 aliphatic heterocycles. The molecule has 6 nitrogen and oxygen atoms in total. The Hall–Kier alpha value is -1.41. The third-order valence-corrected chi connectivity index (χ3v) is 5.72. The molecule has 20 heavy (non-hydrogen) atoms. The van der Waals surface area contributed by atoms with E-state index in [0.717, 1.165) is 5.56 Å². The zero-order valence-corrected chi connectivity index (χ0v) is 13.8. The predicted molar refractivity (Wildman–Crippen MR) is 80.1 cm³/mol. The number of sulfonamides is 1. The summed E-state index contributed by atoms with van der Waals surface area (Å²) in [6, 6.07) is 7.36. The van der Waals surface area contributed by atoms with E-state index in [9.17, 15) is 8.42 Å². The summed E-state index contributed by atoms with van der Waals surface area (Å²) in [5.41, 5.74) is 1.55. The van der Waals surface area contributed by atoms with Crippen molar-refractivity contribution in [3.8, 4) is 0 Å². The smallest absolute Gasteiger partial charge is 0.265 e. The van der Waals surface area contributed by atoms with Gasteiger partial charge < -0.3 is 0 Å². The fourth-order valence-corrected chi connectivity index (χ4v) is 4.59. The number of benzene rings is 1. The van der Waals surface area contributed by atoms with Crippen molar-refractivity contribution >= 4 is 31.6 Å². The second kappa shape index (κ2) is 5.53. The van der Waals surface area contributed by atoms with Crippen LogP contribution in [0, 0.1) is 6.92 Å². The molecule has 0 bridgehead atoms. The minimum atomic E-state index is -3.72. The molecule has 0 aliphatic carbocycles. The standard InChI is InChI=1S/C12H15BrN4O2S/c1-4-17(10-8-6-5-7-9(10)2)20(18,19)12-11(13)14-15-16(12)3/h5-8H,4H2,1-3H3. The van der Waals surface area contributed by atoms with Gasteiger partial charge in [-0.25, -0.2) is 4.68 Å². The van der Waals surface area contributed by atoms with E-state index >= 15 is 0 Å². The number of halogens is 1. The van der Waals surface area contributed by atoms with Gasteiger partial charge in [0.1, 0.15) is 0 Å². The predicted octanol–water partition coefficient (Wildman–Crippen LogP) is 2.10. The maximum Gasteiger partial charge on any atom is 0.284 e. The Labute approximate surface area is 126 Å². The quantitative estimate of drug-likeness (QED) is 0.839. The van der Waals surface area contributed by atoms with Crippen molar-refractivity contribution in [3.63, 3.8) is 0 Å². The van der Waals surface area contributed by atoms with Gasteiger partial charge in [-0.2, -0.15) is 8.42 Å². The summed E-state index contributed by atoms with van der Waals surface area (Å²) < 4.78 is 28.4. The molecule has 2 rings (SSSR count). The van der Waals surface area contributed by atoms with Gasteiger partial charge in [0.25, 0.3) is 10.0 Å². The molecule has 0 unspecified atom stereocenters. The molecular formula is C12H15BrN4O2S. The van der Waals surface area contributed by atoms with E-state index in [1.807, 2.05) is 25.1 Å². The fraction of sp³-hybridized carbons (Fsp3) is 0.333. The number of aryl methyl sites for hydroxylation is 2. The molecule has 0 saturated heterocycles. The lowest BCUT2D eigenvalue weighted by Crippen LogP contribution is -2.33. The van der Waals surface area contributed by atoms with Crippen LogP contribution in [-0.2, 0) is 17.1 Å². The van der Waals surface area contributed by atoms with Crippen LogP contribution in [0.3, 0.4) is 0 Å². The van der Waals surface area contributed by atoms with Crippen molar-refractivity contribution in [2.45, 2.75) is 18.9 Å². The molecular weight excluding hydrogens is 344 g/mol. The summed E-state index contributed by atoms with van der Waals surface area (Å²) in [6.07, 6.45) is 0. The van der Waals surface area contributed by atoms with Crippen LogP contribution < -0.4 is 4.31 Å². The highest BCUT2D eigenvalue weighted by Gasteiger charge is 2.30. The third kappa shape index (κ3) is 2.45. The third-order valence-electron chi connectivity index (χ3n) is 2.94. The lowest BCUT2D eigenvalue weighted by molar-refractivity contribution is 0.570. The molecule has 0 saturated carbocycles. The number of hydrogen-bond donors (Lipinski definition) is 0. The van der Waals surface area contributed by atoms with Crippen molar-refractivity contribution in [1.82, 2.24) is 15.0 Å². The first-order valence-corrected chi connectivity index (χ1v) is 8.26. The average Bonchev–Trinajstić information content (AvgIpc) is 2.72. The molecule has 2 aromatic rings. The molecule has 0 amide bonds. The first kappa shape index (κ1) is 15.0. The van der Waals surface area contributed by atoms with E-state index in [1.165, 1.54) is 8.99 Å². The summed E-state index contributed by atoms with van der Waals surface area (Å²) in [5, 5.41) is 7.51. The number of para-hydroxylation sites is 1. The van der Waals surface area contributed by atoms with Crippen LogP contribution in [0.15, 0.2) is 33.9 Å². The maximum absolute atomic E-state index is 12.8. The zero-order valence-electron chi connectivity index (χ0n) is 11.4. The van der Waals surface area contributed by atoms with Crippen LogP contribution in [0.4, 0.5) is 5.69 Å². The SMILES string of the molecule is CCN(c1ccccc1C)S(=O)(=O)c1c(Br)nnn1C. The van der Waals surface area contributed by atoms with E-state index in [4.69, 9.17) is 0 Å². The summed E-state index contributed by atoms with van der Waals surface area (Å²) in [7, 11) is -2.17. The van der Waals surface area contributed by atoms with Crippen molar-refractivity contribution in [2.75, 3.05) is 10.8 Å². The van der Waals surface area contributed by atoms with E-state index < -0.39 is 10.0 Å². The Morgan fingerprint density at radius 1 is 1.35 bits per heavy atom. The number of nitrogens with zero attached hydrogens (tertiary/aromatic N) is 4. The van der Waals surface area contributed by atoms with Crippen molar-refractivity contribution in [3.05, 3.63) is 34.4 Å². The topological polar surface area (TPSA) is 68.1 Å². The summed E-state index contributed by atoms with van der Waals surface area (Å²) in [5.74, 6) is 0. The van der Waals surface area contributed by atoms with Crippen molar-refractivity contribution in [1.29, 1.82) is 0 Å². The largest absolute Gasteiger partial charge is 0.284 e. The summed E-state index contributed by atoms with van der Waals surface area (Å²) in [6.45, 7) is 4.00. The van der Waals surface area contributed by atoms with Crippen LogP contribution in [0.2, 0.25) is 0 Å². The first-order chi connectivity index (χ1) is 9.39. The number of anilines is 1. The fourth-order valence-electron chi connectivity index (χ4n) is 2.01. The molecule has 108 valence electrons. The van der Waals surface area contributed by atoms with Crippen molar-refractivity contribution in [2.24, 2.45) is 7.05 Å². The monoisotopic (exact) mass is 358 g/mol. The highest BCUT2D eigenvalue weighted by molar-refractivity contribution is 9.10. The molecule has 0 N–H and O–H groups in total. The number of aromatic nitrogens is 3. The van der Waals surface area contributed by atoms with Gasteiger partial charge in [-0.15, -0.1) is 5.10 Å². The Bertz CT molecular complexity index is 707. The Morgan fingerprint density at radius 3 is 2.50 bits per heavy atom. The average molecular weight is 359 g/mol. The van der Waals surface area contributed by atoms with Gasteiger partial charge in [-0.05, 0) is 41.4 Å². The van der Waals surface area contributed by atoms with Gasteiger partial charge in [0, 0.05) is 13.6 Å². The van der Waals surface area contributed by atoms with Gasteiger partial charge in [0.15, 0.2) is 4.60 Å². The Morgan fingerprint density at radius 2 is 2.00 bits per heavy atom. The van der Waals surface area contributed by atoms with E-state index in [1.54, 1.807) is 20.0 Å². The maximum atomic E-state index is 12.8. The van der Waals surface area contributed by atoms with Crippen molar-refractivity contribution < 1.29 is 8.42 Å². The second-order valence-electron chi connectivity index (χ2n) is 4.27. The molecule has 1 heterocycles. The minimum Gasteiger partial charge on any atom is -0.265 e. The van der Waals surface area contributed by atoms with Gasteiger partial charge in [0.2, 0.25) is 5.03 Å². The van der Waals surface area contributed by atoms with E-state index in [2.05, 4.69) is 26.2 Å². The minimum absolute atomic E-state index is 0.0441. The Kier molecular flexibility index (Phi) is 4.14. The first-order valence-electron chi connectivity index (χ1n) is 6.03. The molecule has 1 aromatic heterocycles. The van der Waals surface area contributed by atoms with Gasteiger partial charge >= 0.3 is 0 Å². The molecule has 0 atom stereocenters. The van der Waals surface area contributed by atoms with E-state index in [-0.39, 0.29) is 9.63 Å². The lowest BCUT2D eigenvalue weighted by Gasteiger charge is -2.24. The highest BCUT2D eigenvalue weighted by atomic mass is 79.9. The summed E-state index contributed by atoms with van der Waals surface area (Å²) >= 11 is 3.14. The van der Waals surface area contributed by atoms with Gasteiger partial charge in [0.05, 0.1) is 5.69 Å². The summed E-state index contributed by atoms with van der Waals surface area (Å²) in [4.78, 5) is 0. The molecule has 0 aliphatic rings. The normalized spacial score (nSPS) is 11.6. The highest BCUT2D eigenvalue weighted by Crippen LogP contribution is 2.28. The zero-order chi connectivity index (χ0) is 14.9. The van der Waals surface area contributed by atoms with Crippen LogP contribution in [0.25, 0.3) is 0 Å². The van der Waals surface area contributed by atoms with Crippen LogP contribution >= 0.6 is 15.9 Å². The van der Waals surface area contributed by atoms with Crippen LogP contribution in [0.1, 0.15) is 12.5 Å². The molecule has 1 aromatic carbocycles. The van der Waals surface area contributed by atoms with Gasteiger partial charge in [-0.3, -0.25) is 4.31 Å². The molecule has 0 fully saturated rings. The number of rotatable bonds is 4. The molecule has 0 spiro atoms.